The summed E-state index contributed by atoms with van der Waals surface area (Å²) in [5.74, 6) is 0.129. The minimum absolute atomic E-state index is 0.0183. The second kappa shape index (κ2) is 8.79. The van der Waals surface area contributed by atoms with E-state index in [4.69, 9.17) is 4.74 Å². The van der Waals surface area contributed by atoms with Gasteiger partial charge >= 0.3 is 16.9 Å². The molecule has 0 fully saturated rings. The fraction of sp³-hybridized carbons (Fsp3) is 0.250. The number of fused-ring (bicyclic) bond motifs is 3. The maximum atomic E-state index is 13.1. The lowest BCUT2D eigenvalue weighted by atomic mass is 10.0. The van der Waals surface area contributed by atoms with Crippen LogP contribution in [0.5, 0.6) is 11.5 Å². The molecule has 2 aromatic carbocycles. The third-order valence-electron chi connectivity index (χ3n) is 4.81. The normalized spacial score (nSPS) is 14.3. The van der Waals surface area contributed by atoms with Gasteiger partial charge in [-0.2, -0.15) is 0 Å². The number of halogens is 1. The predicted octanol–water partition coefficient (Wildman–Crippen LogP) is 3.58. The van der Waals surface area contributed by atoms with E-state index in [2.05, 4.69) is 31.3 Å². The number of thioether (sulfide) groups is 1. The van der Waals surface area contributed by atoms with E-state index >= 15 is 0 Å². The summed E-state index contributed by atoms with van der Waals surface area (Å²) in [6, 6.07) is 8.21. The van der Waals surface area contributed by atoms with E-state index in [1.165, 1.54) is 28.6 Å². The number of aromatic nitrogens is 3. The van der Waals surface area contributed by atoms with E-state index in [1.807, 2.05) is 19.1 Å². The summed E-state index contributed by atoms with van der Waals surface area (Å²) in [6.07, 6.45) is -0.754. The van der Waals surface area contributed by atoms with Crippen LogP contribution in [0.3, 0.4) is 0 Å². The van der Waals surface area contributed by atoms with Crippen LogP contribution < -0.4 is 20.3 Å². The Morgan fingerprint density at radius 1 is 1.34 bits per heavy atom. The van der Waals surface area contributed by atoms with Crippen LogP contribution in [0.4, 0.5) is 11.4 Å². The lowest BCUT2D eigenvalue weighted by Crippen LogP contribution is -2.55. The van der Waals surface area contributed by atoms with Gasteiger partial charge < -0.3 is 15.2 Å². The predicted molar refractivity (Wildman–Crippen MR) is 122 cm³/mol. The van der Waals surface area contributed by atoms with Gasteiger partial charge in [-0.15, -0.1) is 0 Å². The number of hydrogen-bond donors (Lipinski definition) is 3. The van der Waals surface area contributed by atoms with Crippen molar-refractivity contribution < 1.29 is 19.4 Å². The first-order valence-electron chi connectivity index (χ1n) is 9.73. The van der Waals surface area contributed by atoms with Crippen LogP contribution in [-0.2, 0) is 0 Å². The molecule has 0 bridgehead atoms. The summed E-state index contributed by atoms with van der Waals surface area (Å²) in [7, 11) is 0. The Hall–Kier alpha value is -3.12. The zero-order valence-corrected chi connectivity index (χ0v) is 19.5. The van der Waals surface area contributed by atoms with Crippen molar-refractivity contribution in [1.82, 2.24) is 10.1 Å². The molecule has 0 amide bonds. The van der Waals surface area contributed by atoms with Gasteiger partial charge in [0.05, 0.1) is 28.3 Å². The van der Waals surface area contributed by atoms with Gasteiger partial charge in [-0.05, 0) is 41.6 Å². The van der Waals surface area contributed by atoms with E-state index < -0.39 is 22.5 Å². The Labute approximate surface area is 194 Å². The number of phenols is 1. The summed E-state index contributed by atoms with van der Waals surface area (Å²) >= 11 is 4.80. The van der Waals surface area contributed by atoms with Crippen molar-refractivity contribution in [3.8, 4) is 22.8 Å². The first-order chi connectivity index (χ1) is 15.3. The Bertz CT molecular complexity index is 1280. The Balaban J connectivity index is 1.98. The summed E-state index contributed by atoms with van der Waals surface area (Å²) in [4.78, 5) is 26.8. The highest BCUT2D eigenvalue weighted by molar-refractivity contribution is 9.10. The van der Waals surface area contributed by atoms with Gasteiger partial charge in [0.25, 0.3) is 6.17 Å². The monoisotopic (exact) mass is 520 g/mol. The molecule has 1 aromatic heterocycles. The van der Waals surface area contributed by atoms with Crippen molar-refractivity contribution in [3.05, 3.63) is 60.8 Å². The van der Waals surface area contributed by atoms with Crippen LogP contribution in [0.15, 0.2) is 44.8 Å². The molecule has 1 atom stereocenters. The van der Waals surface area contributed by atoms with Gasteiger partial charge in [0, 0.05) is 15.6 Å². The smallest absolute Gasteiger partial charge is 0.325 e. The third-order valence-corrected chi connectivity index (χ3v) is 6.05. The number of hydrogen-bond acceptors (Lipinski definition) is 8. The zero-order valence-electron chi connectivity index (χ0n) is 17.1. The quantitative estimate of drug-likeness (QED) is 0.194. The van der Waals surface area contributed by atoms with Crippen molar-refractivity contribution in [3.63, 3.8) is 0 Å². The van der Waals surface area contributed by atoms with E-state index in [0.29, 0.717) is 33.4 Å². The minimum Gasteiger partial charge on any atom is -0.500 e. The molecule has 0 spiro atoms. The number of nitro groups is 1. The maximum absolute atomic E-state index is 13.1. The lowest BCUT2D eigenvalue weighted by molar-refractivity contribution is -0.759. The maximum Gasteiger partial charge on any atom is 0.325 e. The van der Waals surface area contributed by atoms with Crippen LogP contribution in [0.1, 0.15) is 25.6 Å². The standard InChI is InChI=1S/C20H18BrN5O5S/c1-3-31-15-8-10(7-14(17(15)27)26(29)30)18-22-13-6-5-11(21)9-12(13)16-19(28)23-20(32-4-2)24-25(16)18/h5-9,18H,3-4H2,1-2H3,(H2,23,24,27,28)/p+1/t18-/m0/s1. The van der Waals surface area contributed by atoms with Crippen molar-refractivity contribution in [1.29, 1.82) is 0 Å². The molecule has 0 unspecified atom stereocenters. The molecule has 32 heavy (non-hydrogen) atoms. The average molecular weight is 521 g/mol. The van der Waals surface area contributed by atoms with E-state index in [9.17, 15) is 20.0 Å². The highest BCUT2D eigenvalue weighted by Gasteiger charge is 2.39. The summed E-state index contributed by atoms with van der Waals surface area (Å²) in [5.41, 5.74) is 1.18. The van der Waals surface area contributed by atoms with Crippen LogP contribution in [0.25, 0.3) is 11.3 Å². The van der Waals surface area contributed by atoms with E-state index in [-0.39, 0.29) is 17.9 Å². The number of aromatic hydroxyl groups is 1. The van der Waals surface area contributed by atoms with Crippen molar-refractivity contribution in [2.45, 2.75) is 25.2 Å². The first-order valence-corrected chi connectivity index (χ1v) is 11.5. The molecule has 1 aliphatic heterocycles. The van der Waals surface area contributed by atoms with Gasteiger partial charge in [-0.1, -0.05) is 34.6 Å². The molecular formula is C20H19BrN5O5S+. The first kappa shape index (κ1) is 22.1. The number of nitrogens with one attached hydrogen (secondary N) is 2. The number of H-pyrrole nitrogens is 1. The third kappa shape index (κ3) is 3.91. The fourth-order valence-electron chi connectivity index (χ4n) is 3.52. The fourth-order valence-corrected chi connectivity index (χ4v) is 4.46. The number of aromatic amines is 1. The topological polar surface area (TPSA) is 134 Å². The molecular weight excluding hydrogens is 502 g/mol. The van der Waals surface area contributed by atoms with Gasteiger partial charge in [-0.3, -0.25) is 19.9 Å². The average Bonchev–Trinajstić information content (AvgIpc) is 2.74. The summed E-state index contributed by atoms with van der Waals surface area (Å²) in [6.45, 7) is 3.86. The molecule has 0 radical (unpaired) electrons. The van der Waals surface area contributed by atoms with E-state index in [1.54, 1.807) is 13.0 Å². The summed E-state index contributed by atoms with van der Waals surface area (Å²) in [5, 5.41) is 30.2. The van der Waals surface area contributed by atoms with E-state index in [0.717, 1.165) is 4.47 Å². The van der Waals surface area contributed by atoms with Gasteiger partial charge in [0.15, 0.2) is 5.75 Å². The van der Waals surface area contributed by atoms with Crippen LogP contribution in [-0.4, -0.2) is 32.5 Å². The Kier molecular flexibility index (Phi) is 6.07. The molecule has 12 heteroatoms. The highest BCUT2D eigenvalue weighted by atomic mass is 79.9. The number of benzene rings is 2. The number of ether oxygens (including phenoxy) is 1. The largest absolute Gasteiger partial charge is 0.500 e. The SMILES string of the molecule is CCOc1cc([C@H]2Nc3ccc(Br)cc3-c3c(=O)[nH]c(SCC)n[n+]32)cc([N+](=O)[O-])c1O. The molecule has 2 heterocycles. The number of rotatable bonds is 6. The number of nitrogens with zero attached hydrogens (tertiary/aromatic N) is 3. The van der Waals surface area contributed by atoms with Crippen LogP contribution in [0.2, 0.25) is 0 Å². The minimum atomic E-state index is -0.754. The molecule has 4 rings (SSSR count). The van der Waals surface area contributed by atoms with Crippen molar-refractivity contribution in [2.75, 3.05) is 17.7 Å². The second-order valence-electron chi connectivity index (χ2n) is 6.80. The van der Waals surface area contributed by atoms with Gasteiger partial charge in [0.2, 0.25) is 10.9 Å². The summed E-state index contributed by atoms with van der Waals surface area (Å²) < 4.78 is 7.72. The Morgan fingerprint density at radius 2 is 2.12 bits per heavy atom. The van der Waals surface area contributed by atoms with Crippen molar-refractivity contribution in [2.24, 2.45) is 0 Å². The van der Waals surface area contributed by atoms with Gasteiger partial charge in [-0.25, -0.2) is 0 Å². The second-order valence-corrected chi connectivity index (χ2v) is 8.97. The van der Waals surface area contributed by atoms with Crippen molar-refractivity contribution >= 4 is 39.1 Å². The Morgan fingerprint density at radius 3 is 2.81 bits per heavy atom. The number of nitro benzene ring substituents is 1. The molecule has 0 saturated carbocycles. The number of anilines is 1. The molecule has 3 aromatic rings. The molecule has 1 aliphatic rings. The molecule has 166 valence electrons. The van der Waals surface area contributed by atoms with Crippen LogP contribution >= 0.6 is 27.7 Å². The molecule has 0 aliphatic carbocycles. The van der Waals surface area contributed by atoms with Crippen LogP contribution in [0, 0.1) is 10.1 Å². The molecule has 0 saturated heterocycles. The number of phenolic OH excluding ortho intramolecular Hbond substituents is 1. The lowest BCUT2D eigenvalue weighted by Gasteiger charge is -2.23. The molecule has 3 N–H and O–H groups in total. The van der Waals surface area contributed by atoms with Gasteiger partial charge in [0.1, 0.15) is 0 Å². The zero-order chi connectivity index (χ0) is 23.0. The highest BCUT2D eigenvalue weighted by Crippen LogP contribution is 2.40. The molecule has 10 nitrogen and oxygen atoms in total.